The second kappa shape index (κ2) is 6.18. The van der Waals surface area contributed by atoms with Crippen LogP contribution in [-0.4, -0.2) is 42.4 Å². The minimum absolute atomic E-state index is 0.0251. The molecule has 2 rings (SSSR count). The molecule has 6 heteroatoms. The molecule has 1 aliphatic heterocycles. The maximum Gasteiger partial charge on any atom is 0.410 e. The predicted molar refractivity (Wildman–Crippen MR) is 68.8 cm³/mol. The molecular weight excluding hydrogens is 262 g/mol. The number of carbonyl (C=O) groups is 3. The number of esters is 1. The van der Waals surface area contributed by atoms with Crippen LogP contribution in [0, 0.1) is 0 Å². The van der Waals surface area contributed by atoms with Gasteiger partial charge in [0, 0.05) is 6.42 Å². The number of likely N-dealkylation sites (tertiary alicyclic amines) is 1. The average molecular weight is 277 g/mol. The van der Waals surface area contributed by atoms with E-state index in [9.17, 15) is 14.4 Å². The minimum atomic E-state index is -0.890. The highest BCUT2D eigenvalue weighted by atomic mass is 16.6. The monoisotopic (exact) mass is 277 g/mol. The van der Waals surface area contributed by atoms with Gasteiger partial charge in [-0.25, -0.2) is 9.59 Å². The zero-order chi connectivity index (χ0) is 14.5. The van der Waals surface area contributed by atoms with Crippen LogP contribution >= 0.6 is 0 Å². The average Bonchev–Trinajstić information content (AvgIpc) is 2.87. The van der Waals surface area contributed by atoms with E-state index in [1.807, 2.05) is 30.3 Å². The fourth-order valence-corrected chi connectivity index (χ4v) is 2.04. The predicted octanol–water partition coefficient (Wildman–Crippen LogP) is 1.14. The number of ketones is 1. The minimum Gasteiger partial charge on any atom is -0.459 e. The summed E-state index contributed by atoms with van der Waals surface area (Å²) in [4.78, 5) is 36.0. The van der Waals surface area contributed by atoms with Gasteiger partial charge in [0.25, 0.3) is 0 Å². The SMILES string of the molecule is COC(=O)N1CC(=O)CC1C(=O)OCc1ccccc1. The molecule has 0 aromatic heterocycles. The van der Waals surface area contributed by atoms with E-state index in [0.717, 1.165) is 10.5 Å². The van der Waals surface area contributed by atoms with E-state index in [0.29, 0.717) is 0 Å². The van der Waals surface area contributed by atoms with Crippen molar-refractivity contribution in [3.05, 3.63) is 35.9 Å². The van der Waals surface area contributed by atoms with Gasteiger partial charge in [-0.05, 0) is 5.56 Å². The Hall–Kier alpha value is -2.37. The molecule has 1 amide bonds. The summed E-state index contributed by atoms with van der Waals surface area (Å²) in [5, 5.41) is 0. The summed E-state index contributed by atoms with van der Waals surface area (Å²) < 4.78 is 9.70. The third-order valence-electron chi connectivity index (χ3n) is 3.05. The van der Waals surface area contributed by atoms with Crippen LogP contribution < -0.4 is 0 Å². The molecule has 0 N–H and O–H groups in total. The van der Waals surface area contributed by atoms with Gasteiger partial charge in [-0.15, -0.1) is 0 Å². The smallest absolute Gasteiger partial charge is 0.410 e. The van der Waals surface area contributed by atoms with Crippen molar-refractivity contribution < 1.29 is 23.9 Å². The van der Waals surface area contributed by atoms with Gasteiger partial charge >= 0.3 is 12.1 Å². The molecule has 1 unspecified atom stereocenters. The first kappa shape index (κ1) is 14.0. The standard InChI is InChI=1S/C14H15NO5/c1-19-14(18)15-8-11(16)7-12(15)13(17)20-9-10-5-3-2-4-6-10/h2-6,12H,7-9H2,1H3. The fourth-order valence-electron chi connectivity index (χ4n) is 2.04. The number of methoxy groups -OCH3 is 1. The molecule has 0 aliphatic carbocycles. The van der Waals surface area contributed by atoms with E-state index >= 15 is 0 Å². The van der Waals surface area contributed by atoms with Crippen molar-refractivity contribution in [3.8, 4) is 0 Å². The number of Topliss-reactive ketones (excluding diaryl/α,β-unsaturated/α-hetero) is 1. The number of rotatable bonds is 3. The number of ether oxygens (including phenoxy) is 2. The summed E-state index contributed by atoms with van der Waals surface area (Å²) in [5.41, 5.74) is 0.842. The third-order valence-corrected chi connectivity index (χ3v) is 3.05. The second-order valence-electron chi connectivity index (χ2n) is 4.45. The van der Waals surface area contributed by atoms with Gasteiger partial charge in [0.15, 0.2) is 5.78 Å². The number of hydrogen-bond acceptors (Lipinski definition) is 5. The summed E-state index contributed by atoms with van der Waals surface area (Å²) >= 11 is 0. The first-order valence-electron chi connectivity index (χ1n) is 6.18. The number of nitrogens with zero attached hydrogens (tertiary/aromatic N) is 1. The van der Waals surface area contributed by atoms with E-state index in [1.165, 1.54) is 7.11 Å². The van der Waals surface area contributed by atoms with Gasteiger partial charge in [-0.1, -0.05) is 30.3 Å². The molecule has 0 saturated carbocycles. The van der Waals surface area contributed by atoms with Crippen LogP contribution in [-0.2, 0) is 25.7 Å². The maximum atomic E-state index is 12.0. The molecule has 6 nitrogen and oxygen atoms in total. The van der Waals surface area contributed by atoms with Crippen molar-refractivity contribution in [1.29, 1.82) is 0 Å². The normalized spacial score (nSPS) is 17.9. The van der Waals surface area contributed by atoms with Gasteiger partial charge in [-0.2, -0.15) is 0 Å². The Labute approximate surface area is 116 Å². The third kappa shape index (κ3) is 3.14. The molecule has 1 heterocycles. The second-order valence-corrected chi connectivity index (χ2v) is 4.45. The lowest BCUT2D eigenvalue weighted by Crippen LogP contribution is -2.41. The Balaban J connectivity index is 1.97. The van der Waals surface area contributed by atoms with Crippen LogP contribution in [0.5, 0.6) is 0 Å². The lowest BCUT2D eigenvalue weighted by molar-refractivity contribution is -0.149. The molecule has 106 valence electrons. The Morgan fingerprint density at radius 3 is 2.65 bits per heavy atom. The van der Waals surface area contributed by atoms with Crippen LogP contribution in [0.4, 0.5) is 4.79 Å². The molecule has 0 radical (unpaired) electrons. The zero-order valence-electron chi connectivity index (χ0n) is 11.1. The molecular formula is C14H15NO5. The van der Waals surface area contributed by atoms with E-state index in [4.69, 9.17) is 4.74 Å². The Morgan fingerprint density at radius 1 is 1.30 bits per heavy atom. The van der Waals surface area contributed by atoms with Crippen LogP contribution in [0.3, 0.4) is 0 Å². The largest absolute Gasteiger partial charge is 0.459 e. The number of carbonyl (C=O) groups excluding carboxylic acids is 3. The molecule has 1 atom stereocenters. The lowest BCUT2D eigenvalue weighted by atomic mass is 10.2. The van der Waals surface area contributed by atoms with Gasteiger partial charge in [-0.3, -0.25) is 9.69 Å². The highest BCUT2D eigenvalue weighted by Gasteiger charge is 2.40. The van der Waals surface area contributed by atoms with Crippen LogP contribution in [0.15, 0.2) is 30.3 Å². The Bertz CT molecular complexity index is 514. The van der Waals surface area contributed by atoms with E-state index in [-0.39, 0.29) is 25.4 Å². The van der Waals surface area contributed by atoms with Gasteiger partial charge in [0.05, 0.1) is 13.7 Å². The molecule has 1 fully saturated rings. The lowest BCUT2D eigenvalue weighted by Gasteiger charge is -2.20. The van der Waals surface area contributed by atoms with Crippen molar-refractivity contribution >= 4 is 17.8 Å². The number of benzene rings is 1. The first-order chi connectivity index (χ1) is 9.61. The first-order valence-corrected chi connectivity index (χ1v) is 6.18. The summed E-state index contributed by atoms with van der Waals surface area (Å²) in [6.45, 7) is -0.00282. The van der Waals surface area contributed by atoms with Crippen molar-refractivity contribution in [2.24, 2.45) is 0 Å². The summed E-state index contributed by atoms with van der Waals surface area (Å²) in [6, 6.07) is 8.29. The van der Waals surface area contributed by atoms with Crippen LogP contribution in [0.25, 0.3) is 0 Å². The number of hydrogen-bond donors (Lipinski definition) is 0. The Morgan fingerprint density at radius 2 is 2.00 bits per heavy atom. The molecule has 20 heavy (non-hydrogen) atoms. The highest BCUT2D eigenvalue weighted by Crippen LogP contribution is 2.17. The summed E-state index contributed by atoms with van der Waals surface area (Å²) in [6.07, 6.45) is -0.722. The summed E-state index contributed by atoms with van der Waals surface area (Å²) in [5.74, 6) is -0.776. The number of amides is 1. The summed E-state index contributed by atoms with van der Waals surface area (Å²) in [7, 11) is 1.21. The molecule has 0 spiro atoms. The van der Waals surface area contributed by atoms with E-state index in [1.54, 1.807) is 0 Å². The van der Waals surface area contributed by atoms with Gasteiger partial charge < -0.3 is 9.47 Å². The topological polar surface area (TPSA) is 72.9 Å². The molecule has 1 aromatic carbocycles. The highest BCUT2D eigenvalue weighted by molar-refractivity contribution is 5.95. The molecule has 0 bridgehead atoms. The van der Waals surface area contributed by atoms with Crippen molar-refractivity contribution in [2.45, 2.75) is 19.1 Å². The van der Waals surface area contributed by atoms with Gasteiger partial charge in [0.1, 0.15) is 12.6 Å². The maximum absolute atomic E-state index is 12.0. The van der Waals surface area contributed by atoms with Crippen LogP contribution in [0.1, 0.15) is 12.0 Å². The van der Waals surface area contributed by atoms with Gasteiger partial charge in [0.2, 0.25) is 0 Å². The fraction of sp³-hybridized carbons (Fsp3) is 0.357. The van der Waals surface area contributed by atoms with Crippen LogP contribution in [0.2, 0.25) is 0 Å². The van der Waals surface area contributed by atoms with E-state index < -0.39 is 18.1 Å². The molecule has 1 saturated heterocycles. The zero-order valence-corrected chi connectivity index (χ0v) is 11.1. The van der Waals surface area contributed by atoms with Crippen molar-refractivity contribution in [2.75, 3.05) is 13.7 Å². The Kier molecular flexibility index (Phi) is 4.34. The quantitative estimate of drug-likeness (QED) is 0.775. The molecule has 1 aliphatic rings. The van der Waals surface area contributed by atoms with Crippen molar-refractivity contribution in [1.82, 2.24) is 4.90 Å². The van der Waals surface area contributed by atoms with E-state index in [2.05, 4.69) is 4.74 Å². The molecule has 1 aromatic rings. The van der Waals surface area contributed by atoms with Crippen molar-refractivity contribution in [3.63, 3.8) is 0 Å².